The molecular weight excluding hydrogens is 300 g/mol. The van der Waals surface area contributed by atoms with Crippen molar-refractivity contribution in [3.63, 3.8) is 0 Å². The van der Waals surface area contributed by atoms with Crippen molar-refractivity contribution in [2.75, 3.05) is 4.72 Å². The maximum absolute atomic E-state index is 12.0. The molecule has 1 N–H and O–H groups in total. The highest BCUT2D eigenvalue weighted by molar-refractivity contribution is 7.91. The van der Waals surface area contributed by atoms with E-state index in [-0.39, 0.29) is 16.7 Å². The third-order valence-corrected chi connectivity index (χ3v) is 3.81. The first kappa shape index (κ1) is 14.2. The van der Waals surface area contributed by atoms with Crippen LogP contribution in [0.25, 0.3) is 0 Å². The summed E-state index contributed by atoms with van der Waals surface area (Å²) in [5, 5.41) is 8.76. The normalized spacial score (nSPS) is 10.8. The largest absolute Gasteiger partial charge is 0.264 e. The predicted octanol–water partition coefficient (Wildman–Crippen LogP) is 1.94. The summed E-state index contributed by atoms with van der Waals surface area (Å²) in [5.41, 5.74) is 0.895. The van der Waals surface area contributed by atoms with Gasteiger partial charge in [-0.15, -0.1) is 0 Å². The molecule has 0 saturated carbocycles. The highest BCUT2D eigenvalue weighted by Gasteiger charge is 2.15. The van der Waals surface area contributed by atoms with Crippen LogP contribution in [0.1, 0.15) is 11.1 Å². The van der Waals surface area contributed by atoms with Crippen LogP contribution >= 0.6 is 11.6 Å². The first-order valence-corrected chi connectivity index (χ1v) is 7.49. The van der Waals surface area contributed by atoms with Crippen molar-refractivity contribution >= 4 is 27.4 Å². The van der Waals surface area contributed by atoms with Gasteiger partial charge in [-0.05, 0) is 17.7 Å². The van der Waals surface area contributed by atoms with E-state index in [1.165, 1.54) is 18.5 Å². The number of hydrogen-bond donors (Lipinski definition) is 1. The molecule has 0 saturated heterocycles. The van der Waals surface area contributed by atoms with Crippen LogP contribution in [0.15, 0.2) is 36.7 Å². The first-order chi connectivity index (χ1) is 9.50. The third-order valence-electron chi connectivity index (χ3n) is 2.32. The average molecular weight is 309 g/mol. The summed E-state index contributed by atoms with van der Waals surface area (Å²) in [6.45, 7) is 0. The topological polar surface area (TPSA) is 95.7 Å². The standard InChI is InChI=1S/C12H9ClN4O2S/c13-11-12(16-5-4-15-11)17-20(18,19)8-10-3-1-2-9(6-10)7-14/h1-6H,8H2,(H,16,17). The van der Waals surface area contributed by atoms with Gasteiger partial charge in [-0.25, -0.2) is 18.4 Å². The lowest BCUT2D eigenvalue weighted by Gasteiger charge is -2.08. The van der Waals surface area contributed by atoms with E-state index in [1.807, 2.05) is 6.07 Å². The zero-order valence-corrected chi connectivity index (χ0v) is 11.7. The van der Waals surface area contributed by atoms with Crippen molar-refractivity contribution in [3.05, 3.63) is 52.9 Å². The number of nitriles is 1. The molecule has 0 aliphatic heterocycles. The molecule has 0 spiro atoms. The van der Waals surface area contributed by atoms with Gasteiger partial charge in [-0.2, -0.15) is 5.26 Å². The summed E-state index contributed by atoms with van der Waals surface area (Å²) in [6, 6.07) is 8.31. The number of aromatic nitrogens is 2. The summed E-state index contributed by atoms with van der Waals surface area (Å²) in [7, 11) is -3.68. The summed E-state index contributed by atoms with van der Waals surface area (Å²) in [6.07, 6.45) is 2.69. The van der Waals surface area contributed by atoms with E-state index >= 15 is 0 Å². The van der Waals surface area contributed by atoms with E-state index in [2.05, 4.69) is 14.7 Å². The van der Waals surface area contributed by atoms with Gasteiger partial charge in [-0.1, -0.05) is 23.7 Å². The molecule has 1 aromatic heterocycles. The van der Waals surface area contributed by atoms with Gasteiger partial charge in [0.2, 0.25) is 10.0 Å². The second-order valence-electron chi connectivity index (χ2n) is 3.87. The molecule has 0 unspecified atom stereocenters. The Morgan fingerprint density at radius 3 is 2.75 bits per heavy atom. The van der Waals surface area contributed by atoms with E-state index in [1.54, 1.807) is 18.2 Å². The van der Waals surface area contributed by atoms with Crippen molar-refractivity contribution in [1.29, 1.82) is 5.26 Å². The zero-order valence-electron chi connectivity index (χ0n) is 10.1. The Bertz CT molecular complexity index is 771. The number of anilines is 1. The van der Waals surface area contributed by atoms with Crippen molar-refractivity contribution in [1.82, 2.24) is 9.97 Å². The van der Waals surface area contributed by atoms with Gasteiger partial charge in [0.1, 0.15) is 0 Å². The molecule has 8 heteroatoms. The van der Waals surface area contributed by atoms with Crippen molar-refractivity contribution in [3.8, 4) is 6.07 Å². The number of halogens is 1. The average Bonchev–Trinajstić information content (AvgIpc) is 2.41. The number of nitrogens with zero attached hydrogens (tertiary/aromatic N) is 3. The van der Waals surface area contributed by atoms with Crippen LogP contribution in [-0.2, 0) is 15.8 Å². The molecule has 2 rings (SSSR count). The number of nitrogens with one attached hydrogen (secondary N) is 1. The van der Waals surface area contributed by atoms with Crippen LogP contribution in [0.3, 0.4) is 0 Å². The van der Waals surface area contributed by atoms with Crippen molar-refractivity contribution in [2.45, 2.75) is 5.75 Å². The van der Waals surface area contributed by atoms with Gasteiger partial charge in [0.15, 0.2) is 11.0 Å². The SMILES string of the molecule is N#Cc1cccc(CS(=O)(=O)Nc2nccnc2Cl)c1. The number of benzene rings is 1. The van der Waals surface area contributed by atoms with Gasteiger partial charge in [0.25, 0.3) is 0 Å². The zero-order chi connectivity index (χ0) is 14.6. The Balaban J connectivity index is 2.20. The fourth-order valence-corrected chi connectivity index (χ4v) is 2.87. The van der Waals surface area contributed by atoms with Crippen LogP contribution in [0.2, 0.25) is 5.15 Å². The van der Waals surface area contributed by atoms with Crippen LogP contribution < -0.4 is 4.72 Å². The highest BCUT2D eigenvalue weighted by atomic mass is 35.5. The molecule has 0 bridgehead atoms. The van der Waals surface area contributed by atoms with Gasteiger partial charge in [0, 0.05) is 12.4 Å². The Kier molecular flexibility index (Phi) is 4.17. The van der Waals surface area contributed by atoms with Crippen LogP contribution in [0.5, 0.6) is 0 Å². The predicted molar refractivity (Wildman–Crippen MR) is 74.4 cm³/mol. The monoisotopic (exact) mass is 308 g/mol. The molecule has 0 amide bonds. The van der Waals surface area contributed by atoms with Gasteiger partial charge in [-0.3, -0.25) is 4.72 Å². The van der Waals surface area contributed by atoms with Crippen LogP contribution in [0.4, 0.5) is 5.82 Å². The molecule has 6 nitrogen and oxygen atoms in total. The van der Waals surface area contributed by atoms with E-state index < -0.39 is 10.0 Å². The van der Waals surface area contributed by atoms with E-state index in [4.69, 9.17) is 16.9 Å². The minimum Gasteiger partial charge on any atom is -0.264 e. The van der Waals surface area contributed by atoms with Gasteiger partial charge < -0.3 is 0 Å². The molecule has 1 aromatic carbocycles. The lowest BCUT2D eigenvalue weighted by molar-refractivity contribution is 0.600. The number of hydrogen-bond acceptors (Lipinski definition) is 5. The van der Waals surface area contributed by atoms with Crippen LogP contribution in [0, 0.1) is 11.3 Å². The minimum absolute atomic E-state index is 0.0226. The highest BCUT2D eigenvalue weighted by Crippen LogP contribution is 2.17. The molecule has 1 heterocycles. The lowest BCUT2D eigenvalue weighted by atomic mass is 10.2. The summed E-state index contributed by atoms with van der Waals surface area (Å²) >= 11 is 5.74. The Morgan fingerprint density at radius 2 is 2.05 bits per heavy atom. The second-order valence-corrected chi connectivity index (χ2v) is 5.95. The summed E-state index contributed by atoms with van der Waals surface area (Å²) in [5.74, 6) is -0.305. The quantitative estimate of drug-likeness (QED) is 0.931. The molecule has 0 fully saturated rings. The Labute approximate surface area is 121 Å². The summed E-state index contributed by atoms with van der Waals surface area (Å²) in [4.78, 5) is 7.53. The molecule has 0 radical (unpaired) electrons. The van der Waals surface area contributed by atoms with E-state index in [0.29, 0.717) is 11.1 Å². The maximum Gasteiger partial charge on any atom is 0.238 e. The number of rotatable bonds is 4. The van der Waals surface area contributed by atoms with Crippen molar-refractivity contribution in [2.24, 2.45) is 0 Å². The van der Waals surface area contributed by atoms with Crippen LogP contribution in [-0.4, -0.2) is 18.4 Å². The minimum atomic E-state index is -3.68. The fraction of sp³-hybridized carbons (Fsp3) is 0.0833. The Morgan fingerprint density at radius 1 is 1.30 bits per heavy atom. The molecule has 0 aliphatic rings. The molecule has 20 heavy (non-hydrogen) atoms. The van der Waals surface area contributed by atoms with E-state index in [9.17, 15) is 8.42 Å². The smallest absolute Gasteiger partial charge is 0.238 e. The number of sulfonamides is 1. The Hall–Kier alpha value is -2.17. The first-order valence-electron chi connectivity index (χ1n) is 5.46. The summed E-state index contributed by atoms with van der Waals surface area (Å²) < 4.78 is 26.3. The molecule has 102 valence electrons. The van der Waals surface area contributed by atoms with E-state index in [0.717, 1.165) is 0 Å². The van der Waals surface area contributed by atoms with Gasteiger partial charge in [0.05, 0.1) is 17.4 Å². The maximum atomic E-state index is 12.0. The van der Waals surface area contributed by atoms with Crippen molar-refractivity contribution < 1.29 is 8.42 Å². The molecule has 0 atom stereocenters. The molecule has 2 aromatic rings. The van der Waals surface area contributed by atoms with Gasteiger partial charge >= 0.3 is 0 Å². The third kappa shape index (κ3) is 3.66. The molecular formula is C12H9ClN4O2S. The fourth-order valence-electron chi connectivity index (χ4n) is 1.52. The lowest BCUT2D eigenvalue weighted by Crippen LogP contribution is -2.16. The second kappa shape index (κ2) is 5.86. The molecule has 0 aliphatic carbocycles.